The molecule has 1 aromatic rings. The zero-order valence-electron chi connectivity index (χ0n) is 7.42. The summed E-state index contributed by atoms with van der Waals surface area (Å²) in [6.45, 7) is 1.94. The summed E-state index contributed by atoms with van der Waals surface area (Å²) in [5.41, 5.74) is 1.07. The molecule has 3 heteroatoms. The topological polar surface area (TPSA) is 26.3 Å². The third-order valence-electron chi connectivity index (χ3n) is 1.52. The zero-order chi connectivity index (χ0) is 9.68. The zero-order valence-corrected chi connectivity index (χ0v) is 8.17. The van der Waals surface area contributed by atoms with Gasteiger partial charge in [-0.2, -0.15) is 0 Å². The van der Waals surface area contributed by atoms with E-state index >= 15 is 0 Å². The number of hydrogen-bond acceptors (Lipinski definition) is 2. The second-order valence-electron chi connectivity index (χ2n) is 2.73. The minimum absolute atomic E-state index is 0.246. The van der Waals surface area contributed by atoms with Gasteiger partial charge in [0, 0.05) is 5.88 Å². The van der Waals surface area contributed by atoms with Gasteiger partial charge in [0.15, 0.2) is 0 Å². The lowest BCUT2D eigenvalue weighted by atomic mass is 10.2. The molecule has 0 amide bonds. The third kappa shape index (κ3) is 3.47. The average molecular weight is 199 g/mol. The summed E-state index contributed by atoms with van der Waals surface area (Å²) in [6.07, 6.45) is 0.246. The number of ether oxygens (including phenoxy) is 1. The number of carbonyl (C=O) groups excluding carboxylic acids is 1. The van der Waals surface area contributed by atoms with Gasteiger partial charge in [0.25, 0.3) is 0 Å². The third-order valence-corrected chi connectivity index (χ3v) is 1.71. The predicted octanol–water partition coefficient (Wildman–Crippen LogP) is 2.53. The molecule has 2 nitrogen and oxygen atoms in total. The Morgan fingerprint density at radius 2 is 2.31 bits per heavy atom. The van der Waals surface area contributed by atoms with Crippen LogP contribution in [0.2, 0.25) is 0 Å². The van der Waals surface area contributed by atoms with E-state index in [4.69, 9.17) is 16.3 Å². The second kappa shape index (κ2) is 4.87. The van der Waals surface area contributed by atoms with Crippen LogP contribution in [-0.2, 0) is 4.79 Å². The monoisotopic (exact) mass is 198 g/mol. The molecule has 0 aliphatic rings. The molecule has 0 bridgehead atoms. The molecule has 0 aliphatic heterocycles. The Hall–Kier alpha value is -1.02. The van der Waals surface area contributed by atoms with Crippen LogP contribution in [0, 0.1) is 6.92 Å². The molecule has 70 valence electrons. The number of esters is 1. The molecule has 0 saturated heterocycles. The van der Waals surface area contributed by atoms with Crippen molar-refractivity contribution >= 4 is 17.6 Å². The van der Waals surface area contributed by atoms with Crippen molar-refractivity contribution in [3.63, 3.8) is 0 Å². The first-order valence-corrected chi connectivity index (χ1v) is 4.59. The molecule has 0 aliphatic carbocycles. The van der Waals surface area contributed by atoms with Gasteiger partial charge in [0.2, 0.25) is 0 Å². The number of hydrogen-bond donors (Lipinski definition) is 0. The molecule has 13 heavy (non-hydrogen) atoms. The van der Waals surface area contributed by atoms with Gasteiger partial charge in [0.05, 0.1) is 6.42 Å². The number of alkyl halides is 1. The molecule has 0 heterocycles. The normalized spacial score (nSPS) is 9.69. The van der Waals surface area contributed by atoms with Crippen LogP contribution in [0.25, 0.3) is 0 Å². The van der Waals surface area contributed by atoms with E-state index in [1.54, 1.807) is 6.07 Å². The van der Waals surface area contributed by atoms with Gasteiger partial charge in [-0.1, -0.05) is 12.1 Å². The van der Waals surface area contributed by atoms with Crippen molar-refractivity contribution in [3.8, 4) is 5.75 Å². The van der Waals surface area contributed by atoms with Gasteiger partial charge < -0.3 is 4.74 Å². The molecule has 0 aromatic heterocycles. The van der Waals surface area contributed by atoms with Gasteiger partial charge in [0.1, 0.15) is 5.75 Å². The Balaban J connectivity index is 2.58. The van der Waals surface area contributed by atoms with E-state index in [0.717, 1.165) is 5.56 Å². The first-order chi connectivity index (χ1) is 6.22. The molecule has 0 saturated carbocycles. The molecule has 0 fully saturated rings. The van der Waals surface area contributed by atoms with Crippen molar-refractivity contribution in [2.75, 3.05) is 5.88 Å². The second-order valence-corrected chi connectivity index (χ2v) is 3.11. The maximum Gasteiger partial charge on any atom is 0.312 e. The lowest BCUT2D eigenvalue weighted by Crippen LogP contribution is -2.07. The minimum atomic E-state index is -0.291. The van der Waals surface area contributed by atoms with Gasteiger partial charge in [-0.05, 0) is 24.6 Å². The standard InChI is InChI=1S/C10H11ClO2/c1-8-3-2-4-9(7-8)13-10(12)5-6-11/h2-4,7H,5-6H2,1H3. The highest BCUT2D eigenvalue weighted by Gasteiger charge is 2.02. The Morgan fingerprint density at radius 1 is 1.54 bits per heavy atom. The first kappa shape index (κ1) is 10.1. The van der Waals surface area contributed by atoms with E-state index in [1.807, 2.05) is 25.1 Å². The van der Waals surface area contributed by atoms with Crippen LogP contribution in [0.15, 0.2) is 24.3 Å². The SMILES string of the molecule is Cc1cccc(OC(=O)CCCl)c1. The van der Waals surface area contributed by atoms with Gasteiger partial charge >= 0.3 is 5.97 Å². The maximum absolute atomic E-state index is 11.0. The fourth-order valence-electron chi connectivity index (χ4n) is 0.938. The average Bonchev–Trinajstić information content (AvgIpc) is 2.04. The van der Waals surface area contributed by atoms with Crippen molar-refractivity contribution in [1.82, 2.24) is 0 Å². The van der Waals surface area contributed by atoms with Gasteiger partial charge in [-0.3, -0.25) is 4.79 Å². The number of halogens is 1. The van der Waals surface area contributed by atoms with Crippen LogP contribution in [0.4, 0.5) is 0 Å². The van der Waals surface area contributed by atoms with Crippen molar-refractivity contribution in [1.29, 1.82) is 0 Å². The highest BCUT2D eigenvalue weighted by atomic mass is 35.5. The Morgan fingerprint density at radius 3 is 2.92 bits per heavy atom. The summed E-state index contributed by atoms with van der Waals surface area (Å²) < 4.78 is 5.01. The van der Waals surface area contributed by atoms with Crippen molar-refractivity contribution in [2.24, 2.45) is 0 Å². The summed E-state index contributed by atoms with van der Waals surface area (Å²) in [5, 5.41) is 0. The van der Waals surface area contributed by atoms with E-state index in [1.165, 1.54) is 0 Å². The fourth-order valence-corrected chi connectivity index (χ4v) is 1.09. The Bertz CT molecular complexity index is 297. The quantitative estimate of drug-likeness (QED) is 0.424. The minimum Gasteiger partial charge on any atom is -0.426 e. The molecule has 0 spiro atoms. The smallest absolute Gasteiger partial charge is 0.312 e. The van der Waals surface area contributed by atoms with Crippen molar-refractivity contribution in [2.45, 2.75) is 13.3 Å². The van der Waals surface area contributed by atoms with E-state index in [2.05, 4.69) is 0 Å². The fraction of sp³-hybridized carbons (Fsp3) is 0.300. The van der Waals surface area contributed by atoms with E-state index in [0.29, 0.717) is 11.6 Å². The van der Waals surface area contributed by atoms with Crippen LogP contribution in [-0.4, -0.2) is 11.8 Å². The highest BCUT2D eigenvalue weighted by molar-refractivity contribution is 6.18. The predicted molar refractivity (Wildman–Crippen MR) is 52.2 cm³/mol. The number of carbonyl (C=O) groups is 1. The Labute approximate surface area is 82.5 Å². The molecular formula is C10H11ClO2. The van der Waals surface area contributed by atoms with Crippen LogP contribution in [0.3, 0.4) is 0 Å². The summed E-state index contributed by atoms with van der Waals surface area (Å²) in [6, 6.07) is 7.35. The van der Waals surface area contributed by atoms with Crippen molar-refractivity contribution < 1.29 is 9.53 Å². The molecular weight excluding hydrogens is 188 g/mol. The Kier molecular flexibility index (Phi) is 3.77. The molecule has 0 unspecified atom stereocenters. The van der Waals surface area contributed by atoms with Crippen LogP contribution < -0.4 is 4.74 Å². The lowest BCUT2D eigenvalue weighted by molar-refractivity contribution is -0.133. The molecule has 1 aromatic carbocycles. The van der Waals surface area contributed by atoms with E-state index < -0.39 is 0 Å². The van der Waals surface area contributed by atoms with Crippen LogP contribution in [0.5, 0.6) is 5.75 Å². The molecule has 1 rings (SSSR count). The summed E-state index contributed by atoms with van der Waals surface area (Å²) in [4.78, 5) is 11.0. The van der Waals surface area contributed by atoms with E-state index in [-0.39, 0.29) is 12.4 Å². The van der Waals surface area contributed by atoms with Crippen molar-refractivity contribution in [3.05, 3.63) is 29.8 Å². The molecule has 0 N–H and O–H groups in total. The van der Waals surface area contributed by atoms with Crippen LogP contribution in [0.1, 0.15) is 12.0 Å². The summed E-state index contributed by atoms with van der Waals surface area (Å²) in [5.74, 6) is 0.584. The highest BCUT2D eigenvalue weighted by Crippen LogP contribution is 2.12. The number of rotatable bonds is 3. The summed E-state index contributed by atoms with van der Waals surface area (Å²) in [7, 11) is 0. The van der Waals surface area contributed by atoms with E-state index in [9.17, 15) is 4.79 Å². The largest absolute Gasteiger partial charge is 0.426 e. The summed E-state index contributed by atoms with van der Waals surface area (Å²) >= 11 is 5.39. The number of benzene rings is 1. The maximum atomic E-state index is 11.0. The number of aryl methyl sites for hydroxylation is 1. The van der Waals surface area contributed by atoms with Gasteiger partial charge in [-0.25, -0.2) is 0 Å². The van der Waals surface area contributed by atoms with Gasteiger partial charge in [-0.15, -0.1) is 11.6 Å². The molecule has 0 atom stereocenters. The first-order valence-electron chi connectivity index (χ1n) is 4.05. The van der Waals surface area contributed by atoms with Crippen LogP contribution >= 0.6 is 11.6 Å². The lowest BCUT2D eigenvalue weighted by Gasteiger charge is -2.02. The molecule has 0 radical (unpaired) electrons.